The molecule has 0 radical (unpaired) electrons. The standard InChI is InChI=1S/C24H32ClN5O10P2.C4H10/c1-3-24(8-9-38-2)11-29(15-7-5-4-6-14(15)24)20-17-21(28-23(25)27-20)30(12-26-17)22-19(32)18(31)16(40-22)10-39-42(36,37)13-41(33,34)35;1-4(2)3/h4-7,12,16,18-19,22,31-32H,3,8-11,13H2,1-2H3,(H,36,37)(H2,33,34,35);4H,1-3H3. The number of anilines is 2. The molecule has 15 nitrogen and oxygen atoms in total. The third-order valence-corrected chi connectivity index (χ3v) is 11.4. The molecule has 1 saturated heterocycles. The van der Waals surface area contributed by atoms with E-state index < -0.39 is 52.2 Å². The molecule has 256 valence electrons. The lowest BCUT2D eigenvalue weighted by atomic mass is 9.77. The fourth-order valence-corrected chi connectivity index (χ4v) is 8.35. The Morgan fingerprint density at radius 3 is 2.43 bits per heavy atom. The maximum absolute atomic E-state index is 12.1. The van der Waals surface area contributed by atoms with Gasteiger partial charge >= 0.3 is 15.2 Å². The second-order valence-electron chi connectivity index (χ2n) is 12.1. The van der Waals surface area contributed by atoms with Gasteiger partial charge in [0.1, 0.15) is 18.3 Å². The Labute approximate surface area is 272 Å². The van der Waals surface area contributed by atoms with Crippen molar-refractivity contribution >= 4 is 49.5 Å². The predicted molar refractivity (Wildman–Crippen MR) is 171 cm³/mol. The molecule has 46 heavy (non-hydrogen) atoms. The summed E-state index contributed by atoms with van der Waals surface area (Å²) in [5, 5.41) is 21.3. The Morgan fingerprint density at radius 1 is 1.13 bits per heavy atom. The topological polar surface area (TPSA) is 210 Å². The molecule has 1 fully saturated rings. The van der Waals surface area contributed by atoms with Crippen LogP contribution in [0.1, 0.15) is 52.3 Å². The van der Waals surface area contributed by atoms with Gasteiger partial charge in [0.25, 0.3) is 0 Å². The largest absolute Gasteiger partial charge is 0.387 e. The summed E-state index contributed by atoms with van der Waals surface area (Å²) in [6.07, 6.45) is -2.69. The number of aliphatic hydroxyl groups excluding tert-OH is 2. The number of ether oxygens (including phenoxy) is 2. The lowest BCUT2D eigenvalue weighted by molar-refractivity contribution is -0.0483. The van der Waals surface area contributed by atoms with Crippen molar-refractivity contribution in [2.45, 2.75) is 70.5 Å². The van der Waals surface area contributed by atoms with Crippen LogP contribution in [0, 0.1) is 5.92 Å². The van der Waals surface area contributed by atoms with Crippen LogP contribution < -0.4 is 4.90 Å². The van der Waals surface area contributed by atoms with E-state index in [9.17, 15) is 24.2 Å². The molecule has 18 heteroatoms. The van der Waals surface area contributed by atoms with Crippen molar-refractivity contribution in [3.63, 3.8) is 0 Å². The van der Waals surface area contributed by atoms with Crippen molar-refractivity contribution in [3.8, 4) is 0 Å². The number of benzene rings is 1. The van der Waals surface area contributed by atoms with Gasteiger partial charge < -0.3 is 43.8 Å². The van der Waals surface area contributed by atoms with Gasteiger partial charge in [0, 0.05) is 31.4 Å². The van der Waals surface area contributed by atoms with Crippen LogP contribution in [-0.2, 0) is 28.5 Å². The first-order valence-electron chi connectivity index (χ1n) is 14.8. The molecule has 6 unspecified atom stereocenters. The maximum Gasteiger partial charge on any atom is 0.340 e. The summed E-state index contributed by atoms with van der Waals surface area (Å²) in [7, 11) is -7.89. The Hall–Kier alpha value is -2.00. The Bertz CT molecular complexity index is 1600. The van der Waals surface area contributed by atoms with Gasteiger partial charge in [-0.3, -0.25) is 13.7 Å². The van der Waals surface area contributed by atoms with Crippen molar-refractivity contribution < 1.29 is 48.0 Å². The summed E-state index contributed by atoms with van der Waals surface area (Å²) in [4.78, 5) is 43.1. The number of fused-ring (bicyclic) bond motifs is 2. The minimum absolute atomic E-state index is 0.0887. The van der Waals surface area contributed by atoms with E-state index in [1.807, 2.05) is 23.1 Å². The number of aliphatic hydroxyl groups is 2. The fourth-order valence-electron chi connectivity index (χ4n) is 5.62. The molecule has 2 aliphatic heterocycles. The van der Waals surface area contributed by atoms with Crippen LogP contribution in [0.5, 0.6) is 0 Å². The number of imidazole rings is 1. The molecule has 2 aromatic heterocycles. The van der Waals surface area contributed by atoms with Crippen LogP contribution in [0.3, 0.4) is 0 Å². The third-order valence-electron chi connectivity index (χ3n) is 7.73. The van der Waals surface area contributed by atoms with Gasteiger partial charge in [-0.05, 0) is 42.0 Å². The zero-order valence-corrected chi connectivity index (χ0v) is 28.8. The number of hydrogen-bond donors (Lipinski definition) is 5. The molecule has 6 atom stereocenters. The predicted octanol–water partition coefficient (Wildman–Crippen LogP) is 3.93. The van der Waals surface area contributed by atoms with Gasteiger partial charge in [-0.15, -0.1) is 0 Å². The molecule has 5 rings (SSSR count). The lowest BCUT2D eigenvalue weighted by Gasteiger charge is -2.29. The summed E-state index contributed by atoms with van der Waals surface area (Å²) >= 11 is 6.39. The van der Waals surface area contributed by atoms with E-state index in [0.717, 1.165) is 30.0 Å². The molecule has 0 aliphatic carbocycles. The van der Waals surface area contributed by atoms with Gasteiger partial charge in [0.05, 0.1) is 12.9 Å². The van der Waals surface area contributed by atoms with Crippen LogP contribution in [0.15, 0.2) is 30.6 Å². The van der Waals surface area contributed by atoms with Crippen LogP contribution >= 0.6 is 26.8 Å². The number of nitrogens with zero attached hydrogens (tertiary/aromatic N) is 5. The van der Waals surface area contributed by atoms with Crippen LogP contribution in [-0.4, -0.2) is 95.5 Å². The van der Waals surface area contributed by atoms with Gasteiger partial charge in [-0.25, -0.2) is 4.98 Å². The number of rotatable bonds is 11. The molecule has 0 spiro atoms. The Balaban J connectivity index is 0.00000113. The van der Waals surface area contributed by atoms with Gasteiger partial charge in [-0.1, -0.05) is 45.9 Å². The van der Waals surface area contributed by atoms with Crippen molar-refractivity contribution in [1.29, 1.82) is 0 Å². The SMILES string of the molecule is CC(C)C.CCC1(CCOC)CN(c2nc(Cl)nc3c2ncn3C2OC(COP(=O)(O)CP(=O)(O)O)C(O)C2O)c2ccccc21. The van der Waals surface area contributed by atoms with Crippen LogP contribution in [0.4, 0.5) is 11.5 Å². The number of aromatic nitrogens is 4. The van der Waals surface area contributed by atoms with Gasteiger partial charge in [-0.2, -0.15) is 9.97 Å². The minimum atomic E-state index is -4.85. The fraction of sp³-hybridized carbons (Fsp3) is 0.607. The highest BCUT2D eigenvalue weighted by Gasteiger charge is 2.47. The molecular weight excluding hydrogens is 664 g/mol. The first kappa shape index (κ1) is 36.8. The van der Waals surface area contributed by atoms with E-state index in [1.54, 1.807) is 7.11 Å². The molecule has 3 aromatic rings. The number of halogens is 1. The van der Waals surface area contributed by atoms with E-state index in [2.05, 4.69) is 48.7 Å². The number of methoxy groups -OCH3 is 1. The highest BCUT2D eigenvalue weighted by molar-refractivity contribution is 7.70. The van der Waals surface area contributed by atoms with E-state index in [0.29, 0.717) is 24.5 Å². The molecular formula is C28H42ClN5O10P2. The highest BCUT2D eigenvalue weighted by atomic mass is 35.5. The van der Waals surface area contributed by atoms with E-state index in [-0.39, 0.29) is 16.3 Å². The molecule has 0 saturated carbocycles. The quantitative estimate of drug-likeness (QED) is 0.141. The van der Waals surface area contributed by atoms with E-state index in [1.165, 1.54) is 10.9 Å². The number of para-hydroxylation sites is 1. The summed E-state index contributed by atoms with van der Waals surface area (Å²) in [5.41, 5.74) is 2.44. The highest BCUT2D eigenvalue weighted by Crippen LogP contribution is 2.55. The summed E-state index contributed by atoms with van der Waals surface area (Å²) in [6, 6.07) is 8.01. The van der Waals surface area contributed by atoms with Crippen molar-refractivity contribution in [1.82, 2.24) is 19.5 Å². The van der Waals surface area contributed by atoms with Crippen LogP contribution in [0.2, 0.25) is 5.28 Å². The Morgan fingerprint density at radius 2 is 1.80 bits per heavy atom. The first-order chi connectivity index (χ1) is 21.5. The lowest BCUT2D eigenvalue weighted by Crippen LogP contribution is -2.33. The minimum Gasteiger partial charge on any atom is -0.387 e. The average molecular weight is 706 g/mol. The van der Waals surface area contributed by atoms with E-state index in [4.69, 9.17) is 35.4 Å². The molecule has 4 heterocycles. The molecule has 5 N–H and O–H groups in total. The van der Waals surface area contributed by atoms with Gasteiger partial charge in [0.2, 0.25) is 5.28 Å². The average Bonchev–Trinajstić information content (AvgIpc) is 3.61. The zero-order chi connectivity index (χ0) is 34.0. The summed E-state index contributed by atoms with van der Waals surface area (Å²) in [5.74, 6) is -0.126. The first-order valence-corrected chi connectivity index (χ1v) is 18.7. The van der Waals surface area contributed by atoms with E-state index >= 15 is 0 Å². The molecule has 1 aromatic carbocycles. The summed E-state index contributed by atoms with van der Waals surface area (Å²) < 4.78 is 40.5. The second kappa shape index (κ2) is 14.6. The summed E-state index contributed by atoms with van der Waals surface area (Å²) in [6.45, 7) is 9.05. The smallest absolute Gasteiger partial charge is 0.340 e. The number of hydrogen-bond acceptors (Lipinski definition) is 11. The third kappa shape index (κ3) is 8.16. The van der Waals surface area contributed by atoms with Gasteiger partial charge in [0.15, 0.2) is 29.1 Å². The van der Waals surface area contributed by atoms with Crippen molar-refractivity contribution in [2.24, 2.45) is 5.92 Å². The monoisotopic (exact) mass is 705 g/mol. The zero-order valence-electron chi connectivity index (χ0n) is 26.3. The second-order valence-corrected chi connectivity index (χ2v) is 16.5. The van der Waals surface area contributed by atoms with Crippen molar-refractivity contribution in [2.75, 3.05) is 37.7 Å². The Kier molecular flexibility index (Phi) is 11.7. The van der Waals surface area contributed by atoms with Crippen molar-refractivity contribution in [3.05, 3.63) is 41.4 Å². The molecule has 2 aliphatic rings. The van der Waals surface area contributed by atoms with Crippen LogP contribution in [0.25, 0.3) is 11.2 Å². The molecule has 0 amide bonds. The normalized spacial score (nSPS) is 25.9. The maximum atomic E-state index is 12.1. The molecule has 0 bridgehead atoms.